The van der Waals surface area contributed by atoms with Crippen LogP contribution in [0.5, 0.6) is 0 Å². The van der Waals surface area contributed by atoms with E-state index in [4.69, 9.17) is 5.73 Å². The average Bonchev–Trinajstić information content (AvgIpc) is 2.40. The summed E-state index contributed by atoms with van der Waals surface area (Å²) in [6.45, 7) is 3.48. The predicted octanol–water partition coefficient (Wildman–Crippen LogP) is 0.318. The van der Waals surface area contributed by atoms with Crippen LogP contribution in [0.3, 0.4) is 0 Å². The third-order valence-electron chi connectivity index (χ3n) is 2.86. The third-order valence-corrected chi connectivity index (χ3v) is 2.86. The molecule has 1 aromatic heterocycles. The first-order chi connectivity index (χ1) is 8.31. The van der Waals surface area contributed by atoms with Gasteiger partial charge in [-0.1, -0.05) is 0 Å². The van der Waals surface area contributed by atoms with E-state index in [0.29, 0.717) is 13.0 Å². The van der Waals surface area contributed by atoms with Crippen molar-refractivity contribution in [3.05, 3.63) is 18.6 Å². The molecule has 0 aromatic carbocycles. The van der Waals surface area contributed by atoms with Crippen molar-refractivity contribution in [2.75, 3.05) is 37.6 Å². The number of halogens is 2. The van der Waals surface area contributed by atoms with Crippen molar-refractivity contribution in [2.24, 2.45) is 5.73 Å². The molecule has 0 saturated carbocycles. The molecule has 6 nitrogen and oxygen atoms in total. The summed E-state index contributed by atoms with van der Waals surface area (Å²) >= 11 is 0. The maximum atomic E-state index is 11.6. The molecule has 0 spiro atoms. The van der Waals surface area contributed by atoms with Crippen LogP contribution in [0.1, 0.15) is 6.42 Å². The quantitative estimate of drug-likeness (QED) is 0.870. The van der Waals surface area contributed by atoms with Crippen LogP contribution in [0.25, 0.3) is 0 Å². The molecule has 2 rings (SSSR count). The van der Waals surface area contributed by atoms with Gasteiger partial charge in [-0.2, -0.15) is 0 Å². The summed E-state index contributed by atoms with van der Waals surface area (Å²) < 4.78 is 0. The van der Waals surface area contributed by atoms with Crippen LogP contribution in [-0.4, -0.2) is 53.5 Å². The smallest absolute Gasteiger partial charge is 0.223 e. The minimum absolute atomic E-state index is 0. The zero-order chi connectivity index (χ0) is 12.1. The molecule has 1 aliphatic heterocycles. The summed E-state index contributed by atoms with van der Waals surface area (Å²) in [6.07, 6.45) is 5.52. The Morgan fingerprint density at radius 1 is 1.21 bits per heavy atom. The zero-order valence-electron chi connectivity index (χ0n) is 10.6. The lowest BCUT2D eigenvalue weighted by Gasteiger charge is -2.35. The van der Waals surface area contributed by atoms with E-state index in [2.05, 4.69) is 14.9 Å². The van der Waals surface area contributed by atoms with Crippen molar-refractivity contribution in [1.82, 2.24) is 14.9 Å². The highest BCUT2D eigenvalue weighted by Gasteiger charge is 2.21. The number of hydrogen-bond acceptors (Lipinski definition) is 5. The Balaban J connectivity index is 0.00000162. The number of hydrogen-bond donors (Lipinski definition) is 1. The number of rotatable bonds is 3. The number of piperazine rings is 1. The Morgan fingerprint density at radius 2 is 1.89 bits per heavy atom. The number of amides is 1. The monoisotopic (exact) mass is 307 g/mol. The largest absolute Gasteiger partial charge is 0.352 e. The molecule has 2 N–H and O–H groups in total. The summed E-state index contributed by atoms with van der Waals surface area (Å²) in [4.78, 5) is 23.9. The van der Waals surface area contributed by atoms with Gasteiger partial charge in [0.1, 0.15) is 5.82 Å². The summed E-state index contributed by atoms with van der Waals surface area (Å²) in [6, 6.07) is 0. The SMILES string of the molecule is Cl.Cl.NCCC(=O)N1CCN(c2cnccn2)CC1. The van der Waals surface area contributed by atoms with Crippen LogP contribution in [0, 0.1) is 0 Å². The fraction of sp³-hybridized carbons (Fsp3) is 0.545. The van der Waals surface area contributed by atoms with E-state index in [1.807, 2.05) is 4.90 Å². The minimum atomic E-state index is 0. The van der Waals surface area contributed by atoms with E-state index < -0.39 is 0 Å². The summed E-state index contributed by atoms with van der Waals surface area (Å²) in [5, 5.41) is 0. The summed E-state index contributed by atoms with van der Waals surface area (Å²) in [5.41, 5.74) is 5.38. The molecule has 2 heterocycles. The van der Waals surface area contributed by atoms with E-state index in [-0.39, 0.29) is 30.7 Å². The zero-order valence-corrected chi connectivity index (χ0v) is 12.2. The van der Waals surface area contributed by atoms with Crippen LogP contribution < -0.4 is 10.6 Å². The van der Waals surface area contributed by atoms with Gasteiger partial charge in [0.25, 0.3) is 0 Å². The fourth-order valence-electron chi connectivity index (χ4n) is 1.92. The van der Waals surface area contributed by atoms with E-state index in [1.165, 1.54) is 0 Å². The second-order valence-electron chi connectivity index (χ2n) is 3.97. The lowest BCUT2D eigenvalue weighted by Crippen LogP contribution is -2.49. The summed E-state index contributed by atoms with van der Waals surface area (Å²) in [5.74, 6) is 1.02. The van der Waals surface area contributed by atoms with Crippen LogP contribution >= 0.6 is 24.8 Å². The molecular formula is C11H19Cl2N5O. The van der Waals surface area contributed by atoms with Crippen LogP contribution in [-0.2, 0) is 4.79 Å². The van der Waals surface area contributed by atoms with Crippen LogP contribution in [0.4, 0.5) is 5.82 Å². The molecular weight excluding hydrogens is 289 g/mol. The Hall–Kier alpha value is -1.11. The van der Waals surface area contributed by atoms with Gasteiger partial charge in [-0.15, -0.1) is 24.8 Å². The summed E-state index contributed by atoms with van der Waals surface area (Å²) in [7, 11) is 0. The van der Waals surface area contributed by atoms with Crippen LogP contribution in [0.15, 0.2) is 18.6 Å². The lowest BCUT2D eigenvalue weighted by atomic mass is 10.3. The molecule has 1 saturated heterocycles. The third kappa shape index (κ3) is 4.81. The number of carbonyl (C=O) groups is 1. The highest BCUT2D eigenvalue weighted by atomic mass is 35.5. The van der Waals surface area contributed by atoms with E-state index in [1.54, 1.807) is 18.6 Å². The van der Waals surface area contributed by atoms with Gasteiger partial charge in [-0.05, 0) is 0 Å². The van der Waals surface area contributed by atoms with Gasteiger partial charge < -0.3 is 15.5 Å². The molecule has 0 bridgehead atoms. The molecule has 108 valence electrons. The van der Waals surface area contributed by atoms with Gasteiger partial charge in [-0.25, -0.2) is 4.98 Å². The number of nitrogens with zero attached hydrogens (tertiary/aromatic N) is 4. The molecule has 1 aliphatic rings. The van der Waals surface area contributed by atoms with Gasteiger partial charge in [-0.3, -0.25) is 9.78 Å². The molecule has 1 aromatic rings. The number of nitrogens with two attached hydrogens (primary N) is 1. The van der Waals surface area contributed by atoms with Gasteiger partial charge in [0.05, 0.1) is 6.20 Å². The maximum absolute atomic E-state index is 11.6. The highest BCUT2D eigenvalue weighted by Crippen LogP contribution is 2.11. The van der Waals surface area contributed by atoms with Crippen LogP contribution in [0.2, 0.25) is 0 Å². The first-order valence-electron chi connectivity index (χ1n) is 5.80. The molecule has 0 aliphatic carbocycles. The van der Waals surface area contributed by atoms with Gasteiger partial charge in [0.2, 0.25) is 5.91 Å². The lowest BCUT2D eigenvalue weighted by molar-refractivity contribution is -0.131. The first kappa shape index (κ1) is 17.9. The minimum Gasteiger partial charge on any atom is -0.352 e. The van der Waals surface area contributed by atoms with Gasteiger partial charge in [0.15, 0.2) is 0 Å². The Bertz CT molecular complexity index is 371. The molecule has 8 heteroatoms. The standard InChI is InChI=1S/C11H17N5O.2ClH/c12-2-1-11(17)16-7-5-15(6-8-16)10-9-13-3-4-14-10;;/h3-4,9H,1-2,5-8,12H2;2*1H. The van der Waals surface area contributed by atoms with Crippen molar-refractivity contribution < 1.29 is 4.79 Å². The number of aromatic nitrogens is 2. The molecule has 0 radical (unpaired) electrons. The second kappa shape index (κ2) is 8.90. The van der Waals surface area contributed by atoms with Crippen molar-refractivity contribution in [2.45, 2.75) is 6.42 Å². The van der Waals surface area contributed by atoms with E-state index in [0.717, 1.165) is 32.0 Å². The average molecular weight is 308 g/mol. The molecule has 1 amide bonds. The number of carbonyl (C=O) groups excluding carboxylic acids is 1. The first-order valence-corrected chi connectivity index (χ1v) is 5.80. The van der Waals surface area contributed by atoms with E-state index >= 15 is 0 Å². The predicted molar refractivity (Wildman–Crippen MR) is 79.0 cm³/mol. The Morgan fingerprint density at radius 3 is 2.42 bits per heavy atom. The topological polar surface area (TPSA) is 75.4 Å². The second-order valence-corrected chi connectivity index (χ2v) is 3.97. The Labute approximate surface area is 125 Å². The Kier molecular flexibility index (Phi) is 8.38. The van der Waals surface area contributed by atoms with Crippen molar-refractivity contribution in [3.63, 3.8) is 0 Å². The molecule has 0 unspecified atom stereocenters. The van der Waals surface area contributed by atoms with Crippen molar-refractivity contribution >= 4 is 36.5 Å². The number of anilines is 1. The highest BCUT2D eigenvalue weighted by molar-refractivity contribution is 5.85. The van der Waals surface area contributed by atoms with Gasteiger partial charge in [0, 0.05) is 51.5 Å². The van der Waals surface area contributed by atoms with Crippen molar-refractivity contribution in [3.8, 4) is 0 Å². The van der Waals surface area contributed by atoms with Gasteiger partial charge >= 0.3 is 0 Å². The van der Waals surface area contributed by atoms with Crippen molar-refractivity contribution in [1.29, 1.82) is 0 Å². The molecule has 19 heavy (non-hydrogen) atoms. The maximum Gasteiger partial charge on any atom is 0.223 e. The normalized spacial score (nSPS) is 14.4. The van der Waals surface area contributed by atoms with E-state index in [9.17, 15) is 4.79 Å². The molecule has 0 atom stereocenters. The molecule has 1 fully saturated rings. The fourth-order valence-corrected chi connectivity index (χ4v) is 1.92.